The fraction of sp³-hybridized carbons (Fsp3) is 0.238. The monoisotopic (exact) mass is 448 g/mol. The Labute approximate surface area is 179 Å². The van der Waals surface area contributed by atoms with Crippen molar-refractivity contribution in [2.45, 2.75) is 24.7 Å². The summed E-state index contributed by atoms with van der Waals surface area (Å²) in [4.78, 5) is 24.1. The van der Waals surface area contributed by atoms with E-state index in [-0.39, 0.29) is 27.7 Å². The third-order valence-corrected chi connectivity index (χ3v) is 6.79. The minimum atomic E-state index is -3.96. The van der Waals surface area contributed by atoms with Crippen LogP contribution in [0.3, 0.4) is 0 Å². The molecule has 2 unspecified atom stereocenters. The fourth-order valence-corrected chi connectivity index (χ4v) is 4.91. The fourth-order valence-electron chi connectivity index (χ4n) is 3.32. The number of carboxylic acids is 1. The van der Waals surface area contributed by atoms with Crippen LogP contribution in [-0.2, 0) is 19.6 Å². The summed E-state index contributed by atoms with van der Waals surface area (Å²) < 4.78 is 28.2. The van der Waals surface area contributed by atoms with E-state index in [4.69, 9.17) is 11.6 Å². The lowest BCUT2D eigenvalue weighted by Crippen LogP contribution is -2.34. The predicted molar refractivity (Wildman–Crippen MR) is 115 cm³/mol. The molecule has 3 rings (SSSR count). The quantitative estimate of drug-likeness (QED) is 0.577. The third-order valence-electron chi connectivity index (χ3n) is 4.95. The summed E-state index contributed by atoms with van der Waals surface area (Å²) in [6, 6.07) is 11.0. The number of hydrogen-bond donors (Lipinski definition) is 3. The van der Waals surface area contributed by atoms with Gasteiger partial charge >= 0.3 is 5.97 Å². The number of nitrogens with one attached hydrogen (secondary N) is 2. The third kappa shape index (κ3) is 4.83. The van der Waals surface area contributed by atoms with Crippen molar-refractivity contribution >= 4 is 44.9 Å². The predicted octanol–water partition coefficient (Wildman–Crippen LogP) is 4.05. The van der Waals surface area contributed by atoms with Gasteiger partial charge in [0.05, 0.1) is 27.4 Å². The number of carbonyl (C=O) groups excluding carboxylic acids is 1. The van der Waals surface area contributed by atoms with Crippen molar-refractivity contribution in [1.82, 2.24) is 0 Å². The number of sulfonamides is 1. The molecule has 0 bridgehead atoms. The first-order valence-electron chi connectivity index (χ1n) is 9.25. The maximum Gasteiger partial charge on any atom is 0.307 e. The molecule has 7 nitrogen and oxygen atoms in total. The van der Waals surface area contributed by atoms with Gasteiger partial charge in [-0.15, -0.1) is 0 Å². The molecule has 0 saturated carbocycles. The minimum absolute atomic E-state index is 0.0152. The van der Waals surface area contributed by atoms with Crippen molar-refractivity contribution in [3.8, 4) is 0 Å². The van der Waals surface area contributed by atoms with Crippen LogP contribution in [0.15, 0.2) is 59.5 Å². The van der Waals surface area contributed by atoms with E-state index >= 15 is 0 Å². The zero-order valence-corrected chi connectivity index (χ0v) is 17.7. The normalized spacial score (nSPS) is 18.6. The van der Waals surface area contributed by atoms with E-state index in [1.165, 1.54) is 6.07 Å². The number of benzene rings is 2. The number of aryl methyl sites for hydroxylation is 1. The number of carbonyl (C=O) groups is 2. The van der Waals surface area contributed by atoms with E-state index in [2.05, 4.69) is 10.0 Å². The average Bonchev–Trinajstić information content (AvgIpc) is 2.71. The molecule has 0 aromatic heterocycles. The van der Waals surface area contributed by atoms with Crippen molar-refractivity contribution in [2.24, 2.45) is 11.8 Å². The highest BCUT2D eigenvalue weighted by Crippen LogP contribution is 2.29. The second kappa shape index (κ2) is 8.89. The standard InChI is InChI=1S/C21H21ClN2O5S/c1-13-10-11-14(23-20(25)15-6-2-3-7-16(15)21(26)27)12-19(13)30(28,29)24-18-9-5-4-8-17(18)22/h2-5,8-12,15-16,24H,6-7H2,1H3,(H,23,25)(H,26,27). The van der Waals surface area contributed by atoms with E-state index in [1.54, 1.807) is 55.5 Å². The van der Waals surface area contributed by atoms with Gasteiger partial charge in [0, 0.05) is 5.69 Å². The van der Waals surface area contributed by atoms with Gasteiger partial charge in [-0.25, -0.2) is 8.42 Å². The van der Waals surface area contributed by atoms with Crippen LogP contribution in [0.4, 0.5) is 11.4 Å². The molecule has 1 aliphatic carbocycles. The Morgan fingerprint density at radius 3 is 2.40 bits per heavy atom. The Bertz CT molecular complexity index is 1110. The zero-order valence-electron chi connectivity index (χ0n) is 16.1. The van der Waals surface area contributed by atoms with Crippen LogP contribution < -0.4 is 10.0 Å². The van der Waals surface area contributed by atoms with Crippen molar-refractivity contribution in [2.75, 3.05) is 10.0 Å². The van der Waals surface area contributed by atoms with Gasteiger partial charge in [-0.05, 0) is 49.6 Å². The SMILES string of the molecule is Cc1ccc(NC(=O)C2CC=CCC2C(=O)O)cc1S(=O)(=O)Nc1ccccc1Cl. The van der Waals surface area contributed by atoms with Crippen molar-refractivity contribution < 1.29 is 23.1 Å². The Balaban J connectivity index is 1.84. The molecule has 0 saturated heterocycles. The summed E-state index contributed by atoms with van der Waals surface area (Å²) in [5.74, 6) is -3.03. The Kier molecular flexibility index (Phi) is 6.48. The number of hydrogen-bond acceptors (Lipinski definition) is 4. The van der Waals surface area contributed by atoms with Gasteiger partial charge in [0.15, 0.2) is 0 Å². The van der Waals surface area contributed by atoms with E-state index < -0.39 is 33.7 Å². The van der Waals surface area contributed by atoms with Crippen molar-refractivity contribution in [3.05, 3.63) is 65.2 Å². The molecule has 2 aromatic rings. The molecule has 0 heterocycles. The summed E-state index contributed by atoms with van der Waals surface area (Å²) in [6.07, 6.45) is 4.12. The second-order valence-electron chi connectivity index (χ2n) is 7.05. The first-order valence-corrected chi connectivity index (χ1v) is 11.1. The first kappa shape index (κ1) is 21.9. The number of para-hydroxylation sites is 1. The zero-order chi connectivity index (χ0) is 21.9. The molecule has 0 spiro atoms. The van der Waals surface area contributed by atoms with Crippen LogP contribution in [0.1, 0.15) is 18.4 Å². The van der Waals surface area contributed by atoms with Crippen LogP contribution in [0.25, 0.3) is 0 Å². The lowest BCUT2D eigenvalue weighted by atomic mass is 9.82. The molecule has 2 atom stereocenters. The molecule has 158 valence electrons. The Morgan fingerprint density at radius 2 is 1.73 bits per heavy atom. The summed E-state index contributed by atoms with van der Waals surface area (Å²) in [5.41, 5.74) is 0.992. The highest BCUT2D eigenvalue weighted by molar-refractivity contribution is 7.92. The molecule has 0 radical (unpaired) electrons. The minimum Gasteiger partial charge on any atom is -0.481 e. The Morgan fingerprint density at radius 1 is 1.07 bits per heavy atom. The van der Waals surface area contributed by atoms with E-state index in [9.17, 15) is 23.1 Å². The van der Waals surface area contributed by atoms with Crippen LogP contribution in [0, 0.1) is 18.8 Å². The van der Waals surface area contributed by atoms with E-state index in [0.29, 0.717) is 12.0 Å². The van der Waals surface area contributed by atoms with E-state index in [0.717, 1.165) is 0 Å². The van der Waals surface area contributed by atoms with Crippen LogP contribution in [-0.4, -0.2) is 25.4 Å². The van der Waals surface area contributed by atoms with Gasteiger partial charge in [-0.2, -0.15) is 0 Å². The summed E-state index contributed by atoms with van der Waals surface area (Å²) in [6.45, 7) is 1.64. The molecular formula is C21H21ClN2O5S. The Hall–Kier alpha value is -2.84. The van der Waals surface area contributed by atoms with Gasteiger partial charge in [-0.1, -0.05) is 42.0 Å². The molecule has 9 heteroatoms. The average molecular weight is 449 g/mol. The maximum atomic E-state index is 12.9. The van der Waals surface area contributed by atoms with Gasteiger partial charge in [0.25, 0.3) is 10.0 Å². The van der Waals surface area contributed by atoms with Crippen molar-refractivity contribution in [3.63, 3.8) is 0 Å². The highest BCUT2D eigenvalue weighted by atomic mass is 35.5. The number of anilines is 2. The van der Waals surface area contributed by atoms with Gasteiger partial charge in [0.2, 0.25) is 5.91 Å². The molecule has 0 aliphatic heterocycles. The van der Waals surface area contributed by atoms with Gasteiger partial charge in [0.1, 0.15) is 0 Å². The number of rotatable bonds is 6. The molecule has 30 heavy (non-hydrogen) atoms. The second-order valence-corrected chi connectivity index (χ2v) is 9.11. The molecule has 1 aliphatic rings. The number of allylic oxidation sites excluding steroid dienone is 2. The van der Waals surface area contributed by atoms with Crippen LogP contribution >= 0.6 is 11.6 Å². The summed E-state index contributed by atoms with van der Waals surface area (Å²) >= 11 is 6.05. The largest absolute Gasteiger partial charge is 0.481 e. The molecule has 0 fully saturated rings. The topological polar surface area (TPSA) is 113 Å². The molecule has 2 aromatic carbocycles. The highest BCUT2D eigenvalue weighted by Gasteiger charge is 2.34. The number of carboxylic acid groups (broad SMARTS) is 1. The molecule has 3 N–H and O–H groups in total. The lowest BCUT2D eigenvalue weighted by Gasteiger charge is -2.24. The number of halogens is 1. The smallest absolute Gasteiger partial charge is 0.307 e. The van der Waals surface area contributed by atoms with Gasteiger partial charge < -0.3 is 10.4 Å². The maximum absolute atomic E-state index is 12.9. The first-order chi connectivity index (χ1) is 14.2. The molecule has 1 amide bonds. The van der Waals surface area contributed by atoms with Crippen LogP contribution in [0.5, 0.6) is 0 Å². The molecular weight excluding hydrogens is 428 g/mol. The number of aliphatic carboxylic acids is 1. The van der Waals surface area contributed by atoms with Gasteiger partial charge in [-0.3, -0.25) is 14.3 Å². The number of amides is 1. The van der Waals surface area contributed by atoms with Crippen LogP contribution in [0.2, 0.25) is 5.02 Å². The summed E-state index contributed by atoms with van der Waals surface area (Å²) in [7, 11) is -3.96. The van der Waals surface area contributed by atoms with Crippen molar-refractivity contribution in [1.29, 1.82) is 0 Å². The van der Waals surface area contributed by atoms with E-state index in [1.807, 2.05) is 0 Å². The lowest BCUT2D eigenvalue weighted by molar-refractivity contribution is -0.146. The summed E-state index contributed by atoms with van der Waals surface area (Å²) in [5, 5.41) is 12.3.